The number of hydrogen-bond acceptors (Lipinski definition) is 4. The predicted molar refractivity (Wildman–Crippen MR) is 86.2 cm³/mol. The number of hydrogen-bond donors (Lipinski definition) is 2. The second kappa shape index (κ2) is 5.65. The molecule has 0 bridgehead atoms. The van der Waals surface area contributed by atoms with E-state index in [1.807, 2.05) is 13.0 Å². The van der Waals surface area contributed by atoms with E-state index in [0.717, 1.165) is 49.9 Å². The van der Waals surface area contributed by atoms with Crippen LogP contribution in [0.4, 0.5) is 5.82 Å². The highest BCUT2D eigenvalue weighted by Gasteiger charge is 2.24. The molecule has 5 heteroatoms. The number of para-hydroxylation sites is 1. The summed E-state index contributed by atoms with van der Waals surface area (Å²) in [5, 5.41) is 11.7. The summed E-state index contributed by atoms with van der Waals surface area (Å²) < 4.78 is 7.81. The van der Waals surface area contributed by atoms with Gasteiger partial charge in [0, 0.05) is 49.6 Å². The van der Waals surface area contributed by atoms with Gasteiger partial charge < -0.3 is 15.4 Å². The Morgan fingerprint density at radius 3 is 3.27 bits per heavy atom. The van der Waals surface area contributed by atoms with Crippen LogP contribution in [0.3, 0.4) is 0 Å². The summed E-state index contributed by atoms with van der Waals surface area (Å²) >= 11 is 0. The van der Waals surface area contributed by atoms with Crippen molar-refractivity contribution in [1.29, 1.82) is 0 Å². The Balaban J connectivity index is 1.40. The Bertz CT molecular complexity index is 666. The minimum atomic E-state index is 0.394. The molecule has 0 fully saturated rings. The predicted octanol–water partition coefficient (Wildman–Crippen LogP) is 2.35. The summed E-state index contributed by atoms with van der Waals surface area (Å²) in [6.07, 6.45) is 1.03. The van der Waals surface area contributed by atoms with Gasteiger partial charge in [-0.25, -0.2) is 4.68 Å². The molecule has 0 radical (unpaired) electrons. The Labute approximate surface area is 130 Å². The Morgan fingerprint density at radius 1 is 1.41 bits per heavy atom. The fourth-order valence-electron chi connectivity index (χ4n) is 3.38. The van der Waals surface area contributed by atoms with Gasteiger partial charge in [0.15, 0.2) is 0 Å². The van der Waals surface area contributed by atoms with Gasteiger partial charge in [0.05, 0.1) is 12.3 Å². The molecule has 2 aromatic rings. The molecule has 1 aromatic heterocycles. The summed E-state index contributed by atoms with van der Waals surface area (Å²) in [6.45, 7) is 5.81. The highest BCUT2D eigenvalue weighted by molar-refractivity contribution is 5.39. The van der Waals surface area contributed by atoms with Crippen LogP contribution in [0.5, 0.6) is 5.75 Å². The van der Waals surface area contributed by atoms with Crippen LogP contribution >= 0.6 is 0 Å². The lowest BCUT2D eigenvalue weighted by atomic mass is 9.99. The van der Waals surface area contributed by atoms with Crippen LogP contribution in [0, 0.1) is 12.8 Å². The summed E-state index contributed by atoms with van der Waals surface area (Å²) in [5.41, 5.74) is 2.36. The molecule has 2 aliphatic rings. The lowest BCUT2D eigenvalue weighted by Gasteiger charge is -2.30. The minimum absolute atomic E-state index is 0.394. The largest absolute Gasteiger partial charge is 0.493 e. The Morgan fingerprint density at radius 2 is 2.32 bits per heavy atom. The van der Waals surface area contributed by atoms with Crippen molar-refractivity contribution < 1.29 is 4.74 Å². The van der Waals surface area contributed by atoms with Crippen LogP contribution in [0.15, 0.2) is 30.3 Å². The molecule has 2 atom stereocenters. The second-order valence-corrected chi connectivity index (χ2v) is 6.24. The van der Waals surface area contributed by atoms with E-state index in [4.69, 9.17) is 4.74 Å². The molecule has 0 amide bonds. The van der Waals surface area contributed by atoms with Crippen molar-refractivity contribution in [2.24, 2.45) is 5.92 Å². The van der Waals surface area contributed by atoms with Crippen molar-refractivity contribution in [2.45, 2.75) is 25.9 Å². The maximum absolute atomic E-state index is 5.73. The van der Waals surface area contributed by atoms with Crippen LogP contribution in [-0.2, 0) is 6.54 Å². The standard InChI is InChI=1S/C17H22N4O/c1-12-8-17-19-10-13(11-21(17)20-12)9-18-15-6-7-22-16-5-3-2-4-14(15)16/h2-5,8,13,15,18-19H,6-7,9-11H2,1H3/t13-,15+/m0/s1. The van der Waals surface area contributed by atoms with Gasteiger partial charge in [-0.15, -0.1) is 0 Å². The third-order valence-electron chi connectivity index (χ3n) is 4.52. The number of aromatic nitrogens is 2. The first-order valence-corrected chi connectivity index (χ1v) is 8.03. The molecule has 116 valence electrons. The monoisotopic (exact) mass is 298 g/mol. The zero-order valence-corrected chi connectivity index (χ0v) is 12.9. The molecule has 0 saturated heterocycles. The first-order valence-electron chi connectivity index (χ1n) is 8.03. The van der Waals surface area contributed by atoms with Gasteiger partial charge in [0.1, 0.15) is 11.6 Å². The fourth-order valence-corrected chi connectivity index (χ4v) is 3.38. The lowest BCUT2D eigenvalue weighted by molar-refractivity contribution is 0.245. The summed E-state index contributed by atoms with van der Waals surface area (Å²) in [6, 6.07) is 10.9. The summed E-state index contributed by atoms with van der Waals surface area (Å²) in [5.74, 6) is 2.73. The summed E-state index contributed by atoms with van der Waals surface area (Å²) in [7, 11) is 0. The van der Waals surface area contributed by atoms with Crippen molar-refractivity contribution in [3.05, 3.63) is 41.6 Å². The minimum Gasteiger partial charge on any atom is -0.493 e. The van der Waals surface area contributed by atoms with Gasteiger partial charge in [-0.3, -0.25) is 0 Å². The zero-order chi connectivity index (χ0) is 14.9. The highest BCUT2D eigenvalue weighted by Crippen LogP contribution is 2.31. The van der Waals surface area contributed by atoms with Crippen LogP contribution in [0.2, 0.25) is 0 Å². The number of nitrogens with one attached hydrogen (secondary N) is 2. The molecule has 0 aliphatic carbocycles. The van der Waals surface area contributed by atoms with Crippen molar-refractivity contribution in [2.75, 3.05) is 25.0 Å². The van der Waals surface area contributed by atoms with Crippen molar-refractivity contribution in [1.82, 2.24) is 15.1 Å². The van der Waals surface area contributed by atoms with Gasteiger partial charge in [0.2, 0.25) is 0 Å². The molecule has 3 heterocycles. The average Bonchev–Trinajstić information content (AvgIpc) is 2.92. The number of fused-ring (bicyclic) bond motifs is 2. The van der Waals surface area contributed by atoms with E-state index in [2.05, 4.69) is 44.7 Å². The average molecular weight is 298 g/mol. The molecule has 2 N–H and O–H groups in total. The lowest BCUT2D eigenvalue weighted by Crippen LogP contribution is -2.37. The normalized spacial score (nSPS) is 23.1. The van der Waals surface area contributed by atoms with E-state index in [0.29, 0.717) is 12.0 Å². The Hall–Kier alpha value is -2.01. The van der Waals surface area contributed by atoms with Gasteiger partial charge in [-0.05, 0) is 13.0 Å². The molecule has 1 aromatic carbocycles. The van der Waals surface area contributed by atoms with Crippen LogP contribution in [0.25, 0.3) is 0 Å². The number of aryl methyl sites for hydroxylation is 1. The molecule has 0 saturated carbocycles. The van der Waals surface area contributed by atoms with E-state index in [9.17, 15) is 0 Å². The van der Waals surface area contributed by atoms with E-state index < -0.39 is 0 Å². The SMILES string of the molecule is Cc1cc2n(n1)C[C@@H](CN[C@@H]1CCOc3ccccc31)CN2. The van der Waals surface area contributed by atoms with Crippen LogP contribution < -0.4 is 15.4 Å². The van der Waals surface area contributed by atoms with Gasteiger partial charge in [-0.1, -0.05) is 18.2 Å². The quantitative estimate of drug-likeness (QED) is 0.913. The van der Waals surface area contributed by atoms with E-state index >= 15 is 0 Å². The van der Waals surface area contributed by atoms with Crippen molar-refractivity contribution in [3.8, 4) is 5.75 Å². The van der Waals surface area contributed by atoms with Crippen LogP contribution in [0.1, 0.15) is 23.7 Å². The number of nitrogens with zero attached hydrogens (tertiary/aromatic N) is 2. The number of benzene rings is 1. The first-order chi connectivity index (χ1) is 10.8. The second-order valence-electron chi connectivity index (χ2n) is 6.24. The molecular weight excluding hydrogens is 276 g/mol. The van der Waals surface area contributed by atoms with Crippen molar-refractivity contribution >= 4 is 5.82 Å². The molecule has 5 nitrogen and oxygen atoms in total. The third kappa shape index (κ3) is 2.57. The number of ether oxygens (including phenoxy) is 1. The summed E-state index contributed by atoms with van der Waals surface area (Å²) in [4.78, 5) is 0. The number of rotatable bonds is 3. The molecule has 2 aliphatic heterocycles. The topological polar surface area (TPSA) is 51.1 Å². The Kier molecular flexibility index (Phi) is 3.50. The maximum atomic E-state index is 5.73. The van der Waals surface area contributed by atoms with Gasteiger partial charge >= 0.3 is 0 Å². The van der Waals surface area contributed by atoms with E-state index in [1.54, 1.807) is 0 Å². The molecular formula is C17H22N4O. The zero-order valence-electron chi connectivity index (χ0n) is 12.9. The molecule has 22 heavy (non-hydrogen) atoms. The van der Waals surface area contributed by atoms with Gasteiger partial charge in [0.25, 0.3) is 0 Å². The van der Waals surface area contributed by atoms with E-state index in [1.165, 1.54) is 5.56 Å². The number of anilines is 1. The van der Waals surface area contributed by atoms with Crippen LogP contribution in [-0.4, -0.2) is 29.5 Å². The van der Waals surface area contributed by atoms with E-state index in [-0.39, 0.29) is 0 Å². The first kappa shape index (κ1) is 13.6. The maximum Gasteiger partial charge on any atom is 0.124 e. The third-order valence-corrected chi connectivity index (χ3v) is 4.52. The fraction of sp³-hybridized carbons (Fsp3) is 0.471. The highest BCUT2D eigenvalue weighted by atomic mass is 16.5. The van der Waals surface area contributed by atoms with Gasteiger partial charge in [-0.2, -0.15) is 5.10 Å². The van der Waals surface area contributed by atoms with Crippen molar-refractivity contribution in [3.63, 3.8) is 0 Å². The molecule has 4 rings (SSSR count). The molecule has 0 unspecified atom stereocenters. The molecule has 0 spiro atoms. The smallest absolute Gasteiger partial charge is 0.124 e.